The van der Waals surface area contributed by atoms with Crippen LogP contribution in [0.5, 0.6) is 0 Å². The smallest absolute Gasteiger partial charge is 0 e. The van der Waals surface area contributed by atoms with E-state index in [2.05, 4.69) is 22.0 Å². The van der Waals surface area contributed by atoms with Crippen LogP contribution in [0.1, 0.15) is 0 Å². The molecule has 0 N–H and O–H groups in total. The van der Waals surface area contributed by atoms with Gasteiger partial charge in [-0.25, -0.2) is 0 Å². The molecule has 40 valence electrons. The first-order valence-corrected chi connectivity index (χ1v) is 1.55. The van der Waals surface area contributed by atoms with Crippen LogP contribution in [-0.2, 0) is 68.8 Å². The summed E-state index contributed by atoms with van der Waals surface area (Å²) in [4.78, 5) is 9.53. The van der Waals surface area contributed by atoms with Crippen molar-refractivity contribution >= 4 is 4.75 Å². The molecule has 0 spiro atoms. The third-order valence-electron chi connectivity index (χ3n) is 0.148. The van der Waals surface area contributed by atoms with Crippen LogP contribution in [-0.4, -0.2) is 4.75 Å². The Morgan fingerprint density at radius 3 is 1.86 bits per heavy atom. The molecule has 4 heteroatoms. The molecule has 0 aromatic heterocycles. The molecule has 1 nitrogen and oxygen atoms in total. The molecule has 0 aromatic rings. The molecule has 0 saturated carbocycles. The molecule has 0 amide bonds. The number of hydrogen-bond donors (Lipinski definition) is 0. The van der Waals surface area contributed by atoms with Gasteiger partial charge in [-0.05, 0) is 0 Å². The Morgan fingerprint density at radius 2 is 1.86 bits per heavy atom. The summed E-state index contributed by atoms with van der Waals surface area (Å²) >= 11 is 3.77. The average molecular weight is 298 g/mol. The van der Waals surface area contributed by atoms with E-state index in [4.69, 9.17) is 0 Å². The van der Waals surface area contributed by atoms with E-state index in [1.54, 1.807) is 0 Å². The first kappa shape index (κ1) is 15.8. The van der Waals surface area contributed by atoms with Crippen LogP contribution in [0, 0.1) is 0 Å². The predicted molar refractivity (Wildman–Crippen MR) is 15.2 cm³/mol. The van der Waals surface area contributed by atoms with E-state index in [0.29, 0.717) is 0 Å². The molecule has 0 bridgehead atoms. The SMILES string of the molecule is C=C[C](=O)[Ni].[Nb].[Zr]. The first-order chi connectivity index (χ1) is 2.27. The van der Waals surface area contributed by atoms with Crippen molar-refractivity contribution in [2.45, 2.75) is 0 Å². The zero-order valence-corrected chi connectivity index (χ0v) is 9.10. The third-order valence-corrected chi connectivity index (χ3v) is 0.349. The van der Waals surface area contributed by atoms with E-state index in [0.717, 1.165) is 6.08 Å². The summed E-state index contributed by atoms with van der Waals surface area (Å²) in [6, 6.07) is 0. The van der Waals surface area contributed by atoms with Crippen LogP contribution in [0.2, 0.25) is 0 Å². The number of hydrogen-bond acceptors (Lipinski definition) is 1. The van der Waals surface area contributed by atoms with Gasteiger partial charge in [-0.2, -0.15) is 0 Å². The fourth-order valence-corrected chi connectivity index (χ4v) is 0. The van der Waals surface area contributed by atoms with Gasteiger partial charge in [-0.15, -0.1) is 0 Å². The van der Waals surface area contributed by atoms with Crippen LogP contribution in [0.15, 0.2) is 12.7 Å². The van der Waals surface area contributed by atoms with Gasteiger partial charge >= 0.3 is 37.7 Å². The Morgan fingerprint density at radius 1 is 1.71 bits per heavy atom. The minimum Gasteiger partial charge on any atom is 0 e. The summed E-state index contributed by atoms with van der Waals surface area (Å²) in [7, 11) is 0. The molecule has 0 aliphatic heterocycles. The maximum absolute atomic E-state index is 9.53. The molecule has 0 fully saturated rings. The second kappa shape index (κ2) is 10.5. The van der Waals surface area contributed by atoms with Crippen LogP contribution in [0.3, 0.4) is 0 Å². The van der Waals surface area contributed by atoms with Gasteiger partial charge in [0.2, 0.25) is 0 Å². The van der Waals surface area contributed by atoms with E-state index >= 15 is 0 Å². The molecule has 7 heavy (non-hydrogen) atoms. The van der Waals surface area contributed by atoms with Gasteiger partial charge < -0.3 is 0 Å². The molecule has 0 unspecified atom stereocenters. The number of allylic oxidation sites excluding steroid dienone is 1. The normalized spacial score (nSPS) is 4.86. The van der Waals surface area contributed by atoms with Gasteiger partial charge in [0.1, 0.15) is 0 Å². The van der Waals surface area contributed by atoms with Crippen molar-refractivity contribution in [3.05, 3.63) is 12.7 Å². The Labute approximate surface area is 85.3 Å². The molecule has 0 aromatic carbocycles. The Balaban J connectivity index is -0.0000000800. The van der Waals surface area contributed by atoms with Crippen molar-refractivity contribution in [2.24, 2.45) is 0 Å². The number of carbonyl (C=O) groups is 1. The second-order valence-corrected chi connectivity index (χ2v) is 0.965. The zero-order valence-electron chi connectivity index (χ0n) is 3.46. The van der Waals surface area contributed by atoms with Crippen molar-refractivity contribution in [1.29, 1.82) is 0 Å². The van der Waals surface area contributed by atoms with Crippen molar-refractivity contribution in [1.82, 2.24) is 0 Å². The Kier molecular flexibility index (Phi) is 23.7. The molecule has 1 radical (unpaired) electrons. The fourth-order valence-electron chi connectivity index (χ4n) is 0. The van der Waals surface area contributed by atoms with Crippen molar-refractivity contribution in [3.63, 3.8) is 0 Å². The van der Waals surface area contributed by atoms with Crippen molar-refractivity contribution in [3.8, 4) is 0 Å². The summed E-state index contributed by atoms with van der Waals surface area (Å²) in [6.45, 7) is 3.12. The largest absolute Gasteiger partial charge is 0 e. The van der Waals surface area contributed by atoms with E-state index in [1.807, 2.05) is 0 Å². The van der Waals surface area contributed by atoms with E-state index < -0.39 is 0 Å². The first-order valence-electron chi connectivity index (χ1n) is 1.06. The maximum atomic E-state index is 9.53. The van der Waals surface area contributed by atoms with E-state index in [-0.39, 0.29) is 53.3 Å². The predicted octanol–water partition coefficient (Wildman–Crippen LogP) is 0.241. The molecule has 0 aliphatic rings. The molecule has 0 atom stereocenters. The van der Waals surface area contributed by atoms with Gasteiger partial charge in [-0.3, -0.25) is 0 Å². The van der Waals surface area contributed by atoms with E-state index in [1.165, 1.54) is 0 Å². The molecular weight excluding hydrogens is 295 g/mol. The minimum absolute atomic E-state index is 0. The zero-order chi connectivity index (χ0) is 4.28. The summed E-state index contributed by atoms with van der Waals surface area (Å²) in [6.07, 6.45) is 1.11. The average Bonchev–Trinajstić information content (AvgIpc) is 1.38. The second-order valence-electron chi connectivity index (χ2n) is 0.478. The van der Waals surface area contributed by atoms with E-state index in [9.17, 15) is 4.79 Å². The quantitative estimate of drug-likeness (QED) is 0.501. The summed E-state index contributed by atoms with van der Waals surface area (Å²) < 4.78 is -0.356. The maximum Gasteiger partial charge on any atom is 0 e. The molecule has 0 aliphatic carbocycles. The van der Waals surface area contributed by atoms with Crippen molar-refractivity contribution < 1.29 is 68.8 Å². The van der Waals surface area contributed by atoms with Gasteiger partial charge in [-0.1, -0.05) is 0 Å². The molecule has 0 heterocycles. The van der Waals surface area contributed by atoms with Gasteiger partial charge in [0.05, 0.1) is 0 Å². The molecule has 0 saturated heterocycles. The Hall–Kier alpha value is 1.53. The van der Waals surface area contributed by atoms with Crippen LogP contribution in [0.4, 0.5) is 0 Å². The van der Waals surface area contributed by atoms with Crippen LogP contribution < -0.4 is 0 Å². The van der Waals surface area contributed by atoms with Crippen molar-refractivity contribution in [2.75, 3.05) is 0 Å². The van der Waals surface area contributed by atoms with Gasteiger partial charge in [0.15, 0.2) is 0 Å². The van der Waals surface area contributed by atoms with Gasteiger partial charge in [0, 0.05) is 48.6 Å². The fraction of sp³-hybridized carbons (Fsp3) is 0. The topological polar surface area (TPSA) is 17.1 Å². The minimum atomic E-state index is -0.356. The number of rotatable bonds is 1. The van der Waals surface area contributed by atoms with Crippen LogP contribution >= 0.6 is 0 Å². The van der Waals surface area contributed by atoms with Gasteiger partial charge in [0.25, 0.3) is 0 Å². The monoisotopic (exact) mass is 296 g/mol. The molecular formula is C3H3NbNiOZr. The summed E-state index contributed by atoms with van der Waals surface area (Å²) in [5, 5.41) is 0. The third kappa shape index (κ3) is 18.5. The Bertz CT molecular complexity index is 66.0. The summed E-state index contributed by atoms with van der Waals surface area (Å²) in [5.41, 5.74) is 0. The standard InChI is InChI=1S/C3H3O.Nb.Ni.Zr/c1-2-3-4;;;/h2H,1H2;;;. The van der Waals surface area contributed by atoms with Crippen LogP contribution in [0.25, 0.3) is 0 Å². The molecule has 0 rings (SSSR count). The summed E-state index contributed by atoms with van der Waals surface area (Å²) in [5.74, 6) is 0. The number of carbonyl (C=O) groups excluding carboxylic acids is 1.